The highest BCUT2D eigenvalue weighted by molar-refractivity contribution is 5.94. The molecule has 0 N–H and O–H groups in total. The molecule has 1 aliphatic rings. The molecule has 1 aliphatic heterocycles. The van der Waals surface area contributed by atoms with Crippen LogP contribution in [-0.4, -0.2) is 59.5 Å². The Morgan fingerprint density at radius 3 is 2.52 bits per heavy atom. The summed E-state index contributed by atoms with van der Waals surface area (Å²) in [6.07, 6.45) is 2.60. The zero-order valence-corrected chi connectivity index (χ0v) is 13.4. The van der Waals surface area contributed by atoms with E-state index in [9.17, 15) is 4.79 Å². The Labute approximate surface area is 126 Å². The number of rotatable bonds is 2. The highest BCUT2D eigenvalue weighted by Crippen LogP contribution is 2.17. The first-order valence-corrected chi connectivity index (χ1v) is 7.46. The van der Waals surface area contributed by atoms with Gasteiger partial charge in [0.25, 0.3) is 5.91 Å². The van der Waals surface area contributed by atoms with Crippen LogP contribution in [0, 0.1) is 0 Å². The van der Waals surface area contributed by atoms with Crippen molar-refractivity contribution >= 4 is 5.91 Å². The van der Waals surface area contributed by atoms with Crippen LogP contribution in [0.2, 0.25) is 0 Å². The van der Waals surface area contributed by atoms with Crippen LogP contribution in [0.5, 0.6) is 5.88 Å². The van der Waals surface area contributed by atoms with Crippen LogP contribution in [0.15, 0.2) is 18.3 Å². The number of amides is 1. The second-order valence-electron chi connectivity index (χ2n) is 6.39. The van der Waals surface area contributed by atoms with Gasteiger partial charge in [0.15, 0.2) is 0 Å². The van der Waals surface area contributed by atoms with Gasteiger partial charge < -0.3 is 9.64 Å². The maximum Gasteiger partial charge on any atom is 0.255 e. The quantitative estimate of drug-likeness (QED) is 0.836. The molecule has 0 atom stereocenters. The van der Waals surface area contributed by atoms with E-state index in [0.29, 0.717) is 11.4 Å². The van der Waals surface area contributed by atoms with Gasteiger partial charge >= 0.3 is 0 Å². The fraction of sp³-hybridized carbons (Fsp3) is 0.625. The molecule has 5 heteroatoms. The molecule has 116 valence electrons. The SMILES string of the molecule is COc1ccc(C(=O)N2CCCN(C(C)(C)C)CC2)cn1. The van der Waals surface area contributed by atoms with Gasteiger partial charge in [0.05, 0.1) is 12.7 Å². The van der Waals surface area contributed by atoms with E-state index in [2.05, 4.69) is 30.7 Å². The lowest BCUT2D eigenvalue weighted by atomic mass is 10.1. The first-order chi connectivity index (χ1) is 9.91. The molecule has 21 heavy (non-hydrogen) atoms. The molecule has 0 radical (unpaired) electrons. The minimum atomic E-state index is 0.0564. The Morgan fingerprint density at radius 2 is 1.95 bits per heavy atom. The van der Waals surface area contributed by atoms with Crippen LogP contribution in [0.25, 0.3) is 0 Å². The molecule has 0 aliphatic carbocycles. The fourth-order valence-corrected chi connectivity index (χ4v) is 2.60. The number of carbonyl (C=O) groups excluding carboxylic acids is 1. The summed E-state index contributed by atoms with van der Waals surface area (Å²) in [6.45, 7) is 10.2. The van der Waals surface area contributed by atoms with Gasteiger partial charge in [-0.3, -0.25) is 9.69 Å². The van der Waals surface area contributed by atoms with Crippen LogP contribution in [0.3, 0.4) is 0 Å². The van der Waals surface area contributed by atoms with Crippen molar-refractivity contribution in [2.75, 3.05) is 33.3 Å². The maximum absolute atomic E-state index is 12.5. The third-order valence-corrected chi connectivity index (χ3v) is 3.92. The number of ether oxygens (including phenoxy) is 1. The van der Waals surface area contributed by atoms with E-state index in [1.807, 2.05) is 4.90 Å². The summed E-state index contributed by atoms with van der Waals surface area (Å²) in [7, 11) is 1.57. The van der Waals surface area contributed by atoms with E-state index in [0.717, 1.165) is 32.6 Å². The Bertz CT molecular complexity index is 479. The van der Waals surface area contributed by atoms with Gasteiger partial charge in [0.1, 0.15) is 0 Å². The van der Waals surface area contributed by atoms with E-state index in [1.54, 1.807) is 25.4 Å². The first kappa shape index (κ1) is 15.8. The highest BCUT2D eigenvalue weighted by atomic mass is 16.5. The van der Waals surface area contributed by atoms with Gasteiger partial charge in [0, 0.05) is 44.0 Å². The van der Waals surface area contributed by atoms with E-state index in [1.165, 1.54) is 0 Å². The first-order valence-electron chi connectivity index (χ1n) is 7.46. The molecule has 1 aromatic heterocycles. The predicted molar refractivity (Wildman–Crippen MR) is 82.6 cm³/mol. The molecule has 1 saturated heterocycles. The average Bonchev–Trinajstić information content (AvgIpc) is 2.72. The largest absolute Gasteiger partial charge is 0.481 e. The lowest BCUT2D eigenvalue weighted by Gasteiger charge is -2.34. The Hall–Kier alpha value is -1.62. The molecular formula is C16H25N3O2. The zero-order valence-electron chi connectivity index (χ0n) is 13.4. The van der Waals surface area contributed by atoms with E-state index >= 15 is 0 Å². The number of nitrogens with zero attached hydrogens (tertiary/aromatic N) is 3. The minimum Gasteiger partial charge on any atom is -0.481 e. The third kappa shape index (κ3) is 3.94. The van der Waals surface area contributed by atoms with Crippen molar-refractivity contribution < 1.29 is 9.53 Å². The molecule has 0 saturated carbocycles. The third-order valence-electron chi connectivity index (χ3n) is 3.92. The second kappa shape index (κ2) is 6.43. The summed E-state index contributed by atoms with van der Waals surface area (Å²) in [5.74, 6) is 0.585. The smallest absolute Gasteiger partial charge is 0.255 e. The van der Waals surface area contributed by atoms with Crippen molar-refractivity contribution in [1.29, 1.82) is 0 Å². The molecular weight excluding hydrogens is 266 g/mol. The van der Waals surface area contributed by atoms with E-state index < -0.39 is 0 Å². The van der Waals surface area contributed by atoms with Crippen molar-refractivity contribution in [2.24, 2.45) is 0 Å². The van der Waals surface area contributed by atoms with E-state index in [-0.39, 0.29) is 11.4 Å². The van der Waals surface area contributed by atoms with Crippen molar-refractivity contribution in [3.05, 3.63) is 23.9 Å². The topological polar surface area (TPSA) is 45.7 Å². The normalized spacial score (nSPS) is 17.4. The van der Waals surface area contributed by atoms with Crippen LogP contribution >= 0.6 is 0 Å². The predicted octanol–water partition coefficient (Wildman–Crippen LogP) is 2.04. The molecule has 0 unspecified atom stereocenters. The van der Waals surface area contributed by atoms with Crippen LogP contribution < -0.4 is 4.74 Å². The Balaban J connectivity index is 2.02. The van der Waals surface area contributed by atoms with Gasteiger partial charge in [-0.1, -0.05) is 0 Å². The van der Waals surface area contributed by atoms with Crippen molar-refractivity contribution in [1.82, 2.24) is 14.8 Å². The number of pyridine rings is 1. The van der Waals surface area contributed by atoms with Crippen molar-refractivity contribution in [3.8, 4) is 5.88 Å². The lowest BCUT2D eigenvalue weighted by Crippen LogP contribution is -2.44. The van der Waals surface area contributed by atoms with Gasteiger partial charge in [0.2, 0.25) is 5.88 Å². The zero-order chi connectivity index (χ0) is 15.5. The van der Waals surface area contributed by atoms with Gasteiger partial charge in [-0.05, 0) is 33.3 Å². The standard InChI is InChI=1S/C16H25N3O2/c1-16(2,3)19-9-5-8-18(10-11-19)15(20)13-6-7-14(21-4)17-12-13/h6-7,12H,5,8-11H2,1-4H3. The van der Waals surface area contributed by atoms with Crippen LogP contribution in [0.4, 0.5) is 0 Å². The molecule has 0 spiro atoms. The van der Waals surface area contributed by atoms with Crippen molar-refractivity contribution in [3.63, 3.8) is 0 Å². The van der Waals surface area contributed by atoms with Crippen molar-refractivity contribution in [2.45, 2.75) is 32.7 Å². The highest BCUT2D eigenvalue weighted by Gasteiger charge is 2.26. The minimum absolute atomic E-state index is 0.0564. The average molecular weight is 291 g/mol. The molecule has 1 amide bonds. The molecule has 1 aromatic rings. The van der Waals surface area contributed by atoms with Gasteiger partial charge in [-0.15, -0.1) is 0 Å². The monoisotopic (exact) mass is 291 g/mol. The van der Waals surface area contributed by atoms with Crippen LogP contribution in [0.1, 0.15) is 37.6 Å². The van der Waals surface area contributed by atoms with Gasteiger partial charge in [-0.25, -0.2) is 4.98 Å². The molecule has 2 heterocycles. The maximum atomic E-state index is 12.5. The Morgan fingerprint density at radius 1 is 1.19 bits per heavy atom. The summed E-state index contributed by atoms with van der Waals surface area (Å²) in [4.78, 5) is 21.0. The van der Waals surface area contributed by atoms with Gasteiger partial charge in [-0.2, -0.15) is 0 Å². The number of carbonyl (C=O) groups is 1. The number of hydrogen-bond acceptors (Lipinski definition) is 4. The summed E-state index contributed by atoms with van der Waals surface area (Å²) in [6, 6.07) is 3.51. The molecule has 1 fully saturated rings. The fourth-order valence-electron chi connectivity index (χ4n) is 2.60. The Kier molecular flexibility index (Phi) is 4.83. The molecule has 0 bridgehead atoms. The summed E-state index contributed by atoms with van der Waals surface area (Å²) in [5, 5.41) is 0. The second-order valence-corrected chi connectivity index (χ2v) is 6.39. The molecule has 0 aromatic carbocycles. The lowest BCUT2D eigenvalue weighted by molar-refractivity contribution is 0.0749. The summed E-state index contributed by atoms with van der Waals surface area (Å²) in [5.41, 5.74) is 0.779. The van der Waals surface area contributed by atoms with Crippen LogP contribution in [-0.2, 0) is 0 Å². The summed E-state index contributed by atoms with van der Waals surface area (Å²) < 4.78 is 5.02. The number of aromatic nitrogens is 1. The van der Waals surface area contributed by atoms with E-state index in [4.69, 9.17) is 4.74 Å². The number of methoxy groups -OCH3 is 1. The summed E-state index contributed by atoms with van der Waals surface area (Å²) >= 11 is 0. The number of hydrogen-bond donors (Lipinski definition) is 0. The molecule has 5 nitrogen and oxygen atoms in total. The molecule has 2 rings (SSSR count).